The SMILES string of the molecule is Cc1ccc(N)c(Oc2cccc(Br)c2C#N)c1. The largest absolute Gasteiger partial charge is 0.454 e. The molecule has 18 heavy (non-hydrogen) atoms. The van der Waals surface area contributed by atoms with E-state index in [4.69, 9.17) is 15.7 Å². The lowest BCUT2D eigenvalue weighted by molar-refractivity contribution is 0.482. The van der Waals surface area contributed by atoms with E-state index >= 15 is 0 Å². The molecule has 2 rings (SSSR count). The van der Waals surface area contributed by atoms with E-state index < -0.39 is 0 Å². The molecule has 0 bridgehead atoms. The molecule has 3 nitrogen and oxygen atoms in total. The highest BCUT2D eigenvalue weighted by Gasteiger charge is 2.09. The Labute approximate surface area is 114 Å². The van der Waals surface area contributed by atoms with Crippen LogP contribution >= 0.6 is 15.9 Å². The van der Waals surface area contributed by atoms with Crippen LogP contribution in [0.15, 0.2) is 40.9 Å². The van der Waals surface area contributed by atoms with E-state index in [1.54, 1.807) is 18.2 Å². The van der Waals surface area contributed by atoms with Crippen molar-refractivity contribution in [1.82, 2.24) is 0 Å². The van der Waals surface area contributed by atoms with Gasteiger partial charge in [-0.2, -0.15) is 5.26 Å². The molecule has 0 saturated carbocycles. The van der Waals surface area contributed by atoms with Crippen molar-refractivity contribution < 1.29 is 4.74 Å². The van der Waals surface area contributed by atoms with Crippen LogP contribution in [0, 0.1) is 18.3 Å². The summed E-state index contributed by atoms with van der Waals surface area (Å²) in [5, 5.41) is 9.11. The number of aryl methyl sites for hydroxylation is 1. The van der Waals surface area contributed by atoms with Crippen LogP contribution in [0.5, 0.6) is 11.5 Å². The molecule has 2 N–H and O–H groups in total. The van der Waals surface area contributed by atoms with Crippen molar-refractivity contribution >= 4 is 21.6 Å². The van der Waals surface area contributed by atoms with E-state index in [1.165, 1.54) is 0 Å². The van der Waals surface area contributed by atoms with Crippen molar-refractivity contribution in [3.63, 3.8) is 0 Å². The molecular formula is C14H11BrN2O. The smallest absolute Gasteiger partial charge is 0.150 e. The zero-order valence-electron chi connectivity index (χ0n) is 9.77. The first-order valence-corrected chi connectivity index (χ1v) is 6.13. The Morgan fingerprint density at radius 2 is 2.00 bits per heavy atom. The lowest BCUT2D eigenvalue weighted by Crippen LogP contribution is -1.94. The molecule has 0 atom stereocenters. The van der Waals surface area contributed by atoms with Gasteiger partial charge in [-0.1, -0.05) is 12.1 Å². The zero-order chi connectivity index (χ0) is 13.1. The highest BCUT2D eigenvalue weighted by atomic mass is 79.9. The second-order valence-electron chi connectivity index (χ2n) is 3.87. The Bertz CT molecular complexity index is 632. The monoisotopic (exact) mass is 302 g/mol. The second kappa shape index (κ2) is 5.11. The first-order valence-electron chi connectivity index (χ1n) is 5.34. The van der Waals surface area contributed by atoms with Crippen LogP contribution in [0.3, 0.4) is 0 Å². The predicted molar refractivity (Wildman–Crippen MR) is 74.5 cm³/mol. The van der Waals surface area contributed by atoms with Gasteiger partial charge in [0.25, 0.3) is 0 Å². The lowest BCUT2D eigenvalue weighted by Gasteiger charge is -2.11. The molecule has 0 saturated heterocycles. The van der Waals surface area contributed by atoms with Crippen LogP contribution in [-0.2, 0) is 0 Å². The molecule has 0 radical (unpaired) electrons. The standard InChI is InChI=1S/C14H11BrN2O/c1-9-5-6-12(17)14(7-9)18-13-4-2-3-11(15)10(13)8-16/h2-7H,17H2,1H3. The summed E-state index contributed by atoms with van der Waals surface area (Å²) in [4.78, 5) is 0. The number of nitriles is 1. The van der Waals surface area contributed by atoms with Crippen LogP contribution in [0.4, 0.5) is 5.69 Å². The van der Waals surface area contributed by atoms with Crippen molar-refractivity contribution in [2.75, 3.05) is 5.73 Å². The van der Waals surface area contributed by atoms with Gasteiger partial charge in [-0.25, -0.2) is 0 Å². The molecule has 0 aliphatic carbocycles. The third-order valence-electron chi connectivity index (χ3n) is 2.48. The summed E-state index contributed by atoms with van der Waals surface area (Å²) in [6, 6.07) is 13.0. The third-order valence-corrected chi connectivity index (χ3v) is 3.14. The van der Waals surface area contributed by atoms with E-state index in [0.29, 0.717) is 27.2 Å². The Hall–Kier alpha value is -1.99. The molecule has 2 aromatic rings. The topological polar surface area (TPSA) is 59.0 Å². The van der Waals surface area contributed by atoms with Crippen LogP contribution in [0.2, 0.25) is 0 Å². The first-order chi connectivity index (χ1) is 8.61. The number of hydrogen-bond acceptors (Lipinski definition) is 3. The molecule has 0 heterocycles. The van der Waals surface area contributed by atoms with E-state index in [2.05, 4.69) is 22.0 Å². The maximum atomic E-state index is 9.11. The number of nitrogens with zero attached hydrogens (tertiary/aromatic N) is 1. The minimum atomic E-state index is 0.457. The lowest BCUT2D eigenvalue weighted by atomic mass is 10.2. The van der Waals surface area contributed by atoms with Gasteiger partial charge in [-0.3, -0.25) is 0 Å². The molecule has 90 valence electrons. The summed E-state index contributed by atoms with van der Waals surface area (Å²) in [7, 11) is 0. The quantitative estimate of drug-likeness (QED) is 0.853. The molecule has 0 spiro atoms. The summed E-state index contributed by atoms with van der Waals surface area (Å²) in [6.07, 6.45) is 0. The van der Waals surface area contributed by atoms with Crippen molar-refractivity contribution in [2.24, 2.45) is 0 Å². The average Bonchev–Trinajstić information content (AvgIpc) is 2.34. The van der Waals surface area contributed by atoms with Crippen molar-refractivity contribution in [3.8, 4) is 17.6 Å². The van der Waals surface area contributed by atoms with Gasteiger partial charge in [0.05, 0.1) is 5.69 Å². The Balaban J connectivity index is 2.44. The van der Waals surface area contributed by atoms with Gasteiger partial charge in [-0.05, 0) is 52.7 Å². The fourth-order valence-corrected chi connectivity index (χ4v) is 1.98. The van der Waals surface area contributed by atoms with Gasteiger partial charge in [0.15, 0.2) is 5.75 Å². The van der Waals surface area contributed by atoms with Crippen molar-refractivity contribution in [3.05, 3.63) is 52.0 Å². The fraction of sp³-hybridized carbons (Fsp3) is 0.0714. The molecule has 0 unspecified atom stereocenters. The summed E-state index contributed by atoms with van der Waals surface area (Å²) < 4.78 is 6.42. The number of anilines is 1. The predicted octanol–water partition coefficient (Wildman–Crippen LogP) is 4.00. The molecular weight excluding hydrogens is 292 g/mol. The summed E-state index contributed by atoms with van der Waals surface area (Å²) >= 11 is 3.32. The highest BCUT2D eigenvalue weighted by Crippen LogP contribution is 2.33. The summed E-state index contributed by atoms with van der Waals surface area (Å²) in [5.74, 6) is 1.05. The maximum absolute atomic E-state index is 9.11. The van der Waals surface area contributed by atoms with Crippen molar-refractivity contribution in [2.45, 2.75) is 6.92 Å². The minimum absolute atomic E-state index is 0.457. The van der Waals surface area contributed by atoms with E-state index in [9.17, 15) is 0 Å². The van der Waals surface area contributed by atoms with E-state index in [1.807, 2.05) is 25.1 Å². The summed E-state index contributed by atoms with van der Waals surface area (Å²) in [6.45, 7) is 1.96. The number of benzene rings is 2. The maximum Gasteiger partial charge on any atom is 0.150 e. The number of nitrogen functional groups attached to an aromatic ring is 1. The van der Waals surface area contributed by atoms with E-state index in [-0.39, 0.29) is 0 Å². The van der Waals surface area contributed by atoms with Crippen LogP contribution in [0.25, 0.3) is 0 Å². The first kappa shape index (κ1) is 12.5. The number of rotatable bonds is 2. The molecule has 0 aliphatic rings. The molecule has 4 heteroatoms. The molecule has 0 amide bonds. The van der Waals surface area contributed by atoms with Crippen LogP contribution < -0.4 is 10.5 Å². The Morgan fingerprint density at radius 1 is 1.22 bits per heavy atom. The number of nitrogens with two attached hydrogens (primary N) is 1. The number of halogens is 1. The van der Waals surface area contributed by atoms with Crippen molar-refractivity contribution in [1.29, 1.82) is 5.26 Å². The normalized spacial score (nSPS) is 9.83. The van der Waals surface area contributed by atoms with Gasteiger partial charge in [0, 0.05) is 4.47 Å². The second-order valence-corrected chi connectivity index (χ2v) is 4.72. The van der Waals surface area contributed by atoms with Gasteiger partial charge >= 0.3 is 0 Å². The van der Waals surface area contributed by atoms with Crippen LogP contribution in [-0.4, -0.2) is 0 Å². The molecule has 0 aliphatic heterocycles. The fourth-order valence-electron chi connectivity index (χ4n) is 1.55. The zero-order valence-corrected chi connectivity index (χ0v) is 11.4. The Morgan fingerprint density at radius 3 is 2.72 bits per heavy atom. The third kappa shape index (κ3) is 2.47. The van der Waals surface area contributed by atoms with Gasteiger partial charge in [0.1, 0.15) is 17.4 Å². The summed E-state index contributed by atoms with van der Waals surface area (Å²) in [5.41, 5.74) is 7.90. The number of hydrogen-bond donors (Lipinski definition) is 1. The van der Waals surface area contributed by atoms with Gasteiger partial charge < -0.3 is 10.5 Å². The molecule has 2 aromatic carbocycles. The van der Waals surface area contributed by atoms with Crippen LogP contribution in [0.1, 0.15) is 11.1 Å². The van der Waals surface area contributed by atoms with Gasteiger partial charge in [0.2, 0.25) is 0 Å². The Kier molecular flexibility index (Phi) is 3.54. The average molecular weight is 303 g/mol. The minimum Gasteiger partial charge on any atom is -0.454 e. The highest BCUT2D eigenvalue weighted by molar-refractivity contribution is 9.10. The van der Waals surface area contributed by atoms with E-state index in [0.717, 1.165) is 5.56 Å². The van der Waals surface area contributed by atoms with Gasteiger partial charge in [-0.15, -0.1) is 0 Å². The molecule has 0 fully saturated rings. The molecule has 0 aromatic heterocycles. The number of ether oxygens (including phenoxy) is 1.